The lowest BCUT2D eigenvalue weighted by atomic mass is 10.2. The molecule has 0 unspecified atom stereocenters. The van der Waals surface area contributed by atoms with Crippen molar-refractivity contribution in [2.45, 2.75) is 51.1 Å². The predicted molar refractivity (Wildman–Crippen MR) is 84.3 cm³/mol. The van der Waals surface area contributed by atoms with Gasteiger partial charge in [0, 0.05) is 6.42 Å². The van der Waals surface area contributed by atoms with Crippen molar-refractivity contribution in [3.05, 3.63) is 29.8 Å². The largest absolute Gasteiger partial charge is 0.489 e. The fourth-order valence-corrected chi connectivity index (χ4v) is 2.59. The number of benzene rings is 1. The summed E-state index contributed by atoms with van der Waals surface area (Å²) in [4.78, 5) is 13.6. The number of hydrogen-bond acceptors (Lipinski definition) is 4. The van der Waals surface area contributed by atoms with Crippen LogP contribution in [0.25, 0.3) is 0 Å². The fraction of sp³-hybridized carbons (Fsp3) is 0.588. The van der Waals surface area contributed by atoms with Crippen molar-refractivity contribution in [1.82, 2.24) is 4.90 Å². The number of aliphatic hydroxyl groups excluding tert-OH is 1. The Morgan fingerprint density at radius 3 is 2.32 bits per heavy atom. The summed E-state index contributed by atoms with van der Waals surface area (Å²) in [5, 5.41) is 9.46. The number of alkyl halides is 3. The third-order valence-corrected chi connectivity index (χ3v) is 3.70. The van der Waals surface area contributed by atoms with Gasteiger partial charge >= 0.3 is 12.3 Å². The van der Waals surface area contributed by atoms with Crippen molar-refractivity contribution in [2.24, 2.45) is 0 Å². The second-order valence-electron chi connectivity index (χ2n) is 6.97. The van der Waals surface area contributed by atoms with Crippen molar-refractivity contribution in [2.75, 3.05) is 13.2 Å². The average Bonchev–Trinajstić information content (AvgIpc) is 2.88. The molecule has 1 amide bonds. The van der Waals surface area contributed by atoms with Gasteiger partial charge in [0.2, 0.25) is 0 Å². The van der Waals surface area contributed by atoms with Gasteiger partial charge in [0.15, 0.2) is 0 Å². The van der Waals surface area contributed by atoms with Crippen molar-refractivity contribution < 1.29 is 32.5 Å². The second-order valence-corrected chi connectivity index (χ2v) is 6.97. The van der Waals surface area contributed by atoms with Crippen LogP contribution in [0.15, 0.2) is 24.3 Å². The lowest BCUT2D eigenvalue weighted by molar-refractivity contribution is -0.137. The Morgan fingerprint density at radius 2 is 1.84 bits per heavy atom. The van der Waals surface area contributed by atoms with E-state index in [4.69, 9.17) is 9.47 Å². The highest BCUT2D eigenvalue weighted by Crippen LogP contribution is 2.31. The molecule has 1 fully saturated rings. The number of ether oxygens (including phenoxy) is 2. The van der Waals surface area contributed by atoms with E-state index in [-0.39, 0.29) is 18.9 Å². The Kier molecular flexibility index (Phi) is 5.51. The predicted octanol–water partition coefficient (Wildman–Crippen LogP) is 3.45. The minimum Gasteiger partial charge on any atom is -0.489 e. The van der Waals surface area contributed by atoms with Crippen LogP contribution in [0.1, 0.15) is 32.8 Å². The smallest absolute Gasteiger partial charge is 0.416 e. The molecular formula is C17H22F3NO4. The molecule has 140 valence electrons. The molecule has 1 saturated heterocycles. The van der Waals surface area contributed by atoms with Crippen molar-refractivity contribution in [3.8, 4) is 5.75 Å². The standard InChI is InChI=1S/C17H22F3NO4/c1-16(2,3)25-15(23)21-9-14(8-12(21)10-22)24-13-6-4-11(5-7-13)17(18,19)20/h4-7,12,14,22H,8-10H2,1-3H3/t12-,14+/m0/s1. The van der Waals surface area contributed by atoms with Crippen molar-refractivity contribution in [1.29, 1.82) is 0 Å². The van der Waals surface area contributed by atoms with Crippen LogP contribution in [-0.2, 0) is 10.9 Å². The second kappa shape index (κ2) is 7.11. The van der Waals surface area contributed by atoms with Gasteiger partial charge in [-0.05, 0) is 45.0 Å². The SMILES string of the molecule is CC(C)(C)OC(=O)N1C[C@H](Oc2ccc(C(F)(F)F)cc2)C[C@H]1CO. The summed E-state index contributed by atoms with van der Waals surface area (Å²) >= 11 is 0. The first-order valence-corrected chi connectivity index (χ1v) is 7.94. The van der Waals surface area contributed by atoms with Crippen LogP contribution in [0.5, 0.6) is 5.75 Å². The van der Waals surface area contributed by atoms with E-state index >= 15 is 0 Å². The number of carbonyl (C=O) groups excluding carboxylic acids is 1. The van der Waals surface area contributed by atoms with Gasteiger partial charge in [-0.1, -0.05) is 0 Å². The number of hydrogen-bond donors (Lipinski definition) is 1. The molecule has 0 saturated carbocycles. The first-order chi connectivity index (χ1) is 11.5. The molecule has 0 aliphatic carbocycles. The molecule has 0 radical (unpaired) electrons. The van der Waals surface area contributed by atoms with Crippen LogP contribution in [0.4, 0.5) is 18.0 Å². The topological polar surface area (TPSA) is 59.0 Å². The molecule has 2 atom stereocenters. The highest BCUT2D eigenvalue weighted by Gasteiger charge is 2.38. The number of likely N-dealkylation sites (tertiary alicyclic amines) is 1. The molecule has 2 rings (SSSR count). The fourth-order valence-electron chi connectivity index (χ4n) is 2.59. The molecule has 5 nitrogen and oxygen atoms in total. The summed E-state index contributed by atoms with van der Waals surface area (Å²) in [5.41, 5.74) is -1.42. The molecule has 1 aromatic carbocycles. The van der Waals surface area contributed by atoms with Crippen LogP contribution in [0.3, 0.4) is 0 Å². The van der Waals surface area contributed by atoms with Crippen molar-refractivity contribution >= 4 is 6.09 Å². The maximum atomic E-state index is 12.6. The van der Waals surface area contributed by atoms with Crippen LogP contribution in [0, 0.1) is 0 Å². The number of nitrogens with zero attached hydrogens (tertiary/aromatic N) is 1. The molecule has 1 aliphatic rings. The van der Waals surface area contributed by atoms with Crippen LogP contribution < -0.4 is 4.74 Å². The van der Waals surface area contributed by atoms with E-state index in [9.17, 15) is 23.1 Å². The Hall–Kier alpha value is -1.96. The van der Waals surface area contributed by atoms with Gasteiger partial charge in [-0.3, -0.25) is 4.90 Å². The first kappa shape index (κ1) is 19.4. The zero-order valence-electron chi connectivity index (χ0n) is 14.3. The van der Waals surface area contributed by atoms with Crippen LogP contribution >= 0.6 is 0 Å². The lowest BCUT2D eigenvalue weighted by Crippen LogP contribution is -2.41. The highest BCUT2D eigenvalue weighted by molar-refractivity contribution is 5.69. The summed E-state index contributed by atoms with van der Waals surface area (Å²) in [6.07, 6.45) is -5.01. The van der Waals surface area contributed by atoms with E-state index in [2.05, 4.69) is 0 Å². The van der Waals surface area contributed by atoms with E-state index in [1.54, 1.807) is 20.8 Å². The third-order valence-electron chi connectivity index (χ3n) is 3.70. The third kappa shape index (κ3) is 5.26. The van der Waals surface area contributed by atoms with E-state index in [0.29, 0.717) is 6.42 Å². The number of aliphatic hydroxyl groups is 1. The number of halogens is 3. The van der Waals surface area contributed by atoms with Gasteiger partial charge in [-0.15, -0.1) is 0 Å². The van der Waals surface area contributed by atoms with Crippen LogP contribution in [0.2, 0.25) is 0 Å². The van der Waals surface area contributed by atoms with Gasteiger partial charge < -0.3 is 14.6 Å². The normalized spacial score (nSPS) is 21.3. The van der Waals surface area contributed by atoms with E-state index in [1.165, 1.54) is 17.0 Å². The summed E-state index contributed by atoms with van der Waals surface area (Å²) in [7, 11) is 0. The molecule has 1 aromatic rings. The molecule has 1 N–H and O–H groups in total. The Labute approximate surface area is 144 Å². The zero-order valence-corrected chi connectivity index (χ0v) is 14.3. The van der Waals surface area contributed by atoms with E-state index in [1.807, 2.05) is 0 Å². The van der Waals surface area contributed by atoms with Crippen molar-refractivity contribution in [3.63, 3.8) is 0 Å². The summed E-state index contributed by atoms with van der Waals surface area (Å²) in [6, 6.07) is 3.92. The average molecular weight is 361 g/mol. The molecule has 8 heteroatoms. The molecule has 0 spiro atoms. The molecule has 1 aliphatic heterocycles. The van der Waals surface area contributed by atoms with Gasteiger partial charge in [-0.2, -0.15) is 13.2 Å². The molecule has 0 bridgehead atoms. The van der Waals surface area contributed by atoms with E-state index < -0.39 is 35.6 Å². The summed E-state index contributed by atoms with van der Waals surface area (Å²) < 4.78 is 48.7. The Bertz CT molecular complexity index is 595. The number of rotatable bonds is 3. The Morgan fingerprint density at radius 1 is 1.24 bits per heavy atom. The molecule has 1 heterocycles. The Balaban J connectivity index is 2.01. The monoisotopic (exact) mass is 361 g/mol. The minimum atomic E-state index is -4.40. The maximum Gasteiger partial charge on any atom is 0.416 e. The first-order valence-electron chi connectivity index (χ1n) is 7.94. The molecule has 25 heavy (non-hydrogen) atoms. The summed E-state index contributed by atoms with van der Waals surface area (Å²) in [6.45, 7) is 5.18. The highest BCUT2D eigenvalue weighted by atomic mass is 19.4. The minimum absolute atomic E-state index is 0.196. The maximum absolute atomic E-state index is 12.6. The number of carbonyl (C=O) groups is 1. The summed E-state index contributed by atoms with van der Waals surface area (Å²) in [5.74, 6) is 0.278. The number of amides is 1. The van der Waals surface area contributed by atoms with E-state index in [0.717, 1.165) is 12.1 Å². The van der Waals surface area contributed by atoms with Gasteiger partial charge in [0.1, 0.15) is 17.5 Å². The quantitative estimate of drug-likeness (QED) is 0.896. The lowest BCUT2D eigenvalue weighted by Gasteiger charge is -2.27. The van der Waals surface area contributed by atoms with Gasteiger partial charge in [-0.25, -0.2) is 4.79 Å². The van der Waals surface area contributed by atoms with Gasteiger partial charge in [0.25, 0.3) is 0 Å². The van der Waals surface area contributed by atoms with Gasteiger partial charge in [0.05, 0.1) is 24.8 Å². The van der Waals surface area contributed by atoms with Crippen LogP contribution in [-0.4, -0.2) is 47.0 Å². The molecule has 0 aromatic heterocycles. The molecular weight excluding hydrogens is 339 g/mol. The zero-order chi connectivity index (χ0) is 18.8.